The molecular formula is C20H18N4O4S. The number of aryl methyl sites for hydroxylation is 2. The molecule has 0 bridgehead atoms. The molecule has 0 fully saturated rings. The second-order valence-corrected chi connectivity index (χ2v) is 7.43. The summed E-state index contributed by atoms with van der Waals surface area (Å²) < 4.78 is 23.3. The molecule has 0 amide bonds. The lowest BCUT2D eigenvalue weighted by atomic mass is 10.1. The molecule has 0 radical (unpaired) electrons. The topological polar surface area (TPSA) is 80.0 Å². The van der Waals surface area contributed by atoms with Crippen LogP contribution in [0.5, 0.6) is 23.0 Å². The van der Waals surface area contributed by atoms with Gasteiger partial charge < -0.3 is 18.9 Å². The molecular weight excluding hydrogens is 392 g/mol. The maximum Gasteiger partial charge on any atom is 0.234 e. The molecule has 0 N–H and O–H groups in total. The van der Waals surface area contributed by atoms with Crippen LogP contribution in [0.15, 0.2) is 36.4 Å². The predicted molar refractivity (Wildman–Crippen MR) is 107 cm³/mol. The molecule has 0 atom stereocenters. The summed E-state index contributed by atoms with van der Waals surface area (Å²) in [5.74, 6) is 3.75. The Balaban J connectivity index is 1.38. The highest BCUT2D eigenvalue weighted by Gasteiger charge is 2.18. The minimum atomic E-state index is 0.254. The van der Waals surface area contributed by atoms with E-state index in [1.807, 2.05) is 40.9 Å². The van der Waals surface area contributed by atoms with Gasteiger partial charge in [-0.2, -0.15) is 9.61 Å². The van der Waals surface area contributed by atoms with E-state index in [1.165, 1.54) is 11.3 Å². The number of rotatable bonds is 6. The van der Waals surface area contributed by atoms with Crippen LogP contribution in [0, 0.1) is 0 Å². The Labute approximate surface area is 170 Å². The third-order valence-corrected chi connectivity index (χ3v) is 5.71. The van der Waals surface area contributed by atoms with Gasteiger partial charge in [0.2, 0.25) is 11.8 Å². The van der Waals surface area contributed by atoms with E-state index in [9.17, 15) is 0 Å². The number of aromatic nitrogens is 4. The molecule has 9 heteroatoms. The average Bonchev–Trinajstić information content (AvgIpc) is 3.47. The maximum atomic E-state index is 5.46. The Morgan fingerprint density at radius 3 is 2.69 bits per heavy atom. The highest BCUT2D eigenvalue weighted by Crippen LogP contribution is 2.37. The summed E-state index contributed by atoms with van der Waals surface area (Å²) in [5, 5.41) is 14.2. The third kappa shape index (κ3) is 3.23. The first-order valence-corrected chi connectivity index (χ1v) is 9.89. The zero-order valence-corrected chi connectivity index (χ0v) is 16.7. The van der Waals surface area contributed by atoms with Crippen molar-refractivity contribution in [2.75, 3.05) is 21.0 Å². The van der Waals surface area contributed by atoms with E-state index in [-0.39, 0.29) is 6.79 Å². The van der Waals surface area contributed by atoms with Crippen LogP contribution in [0.25, 0.3) is 15.5 Å². The Hall–Kier alpha value is -3.33. The lowest BCUT2D eigenvalue weighted by Gasteiger charge is -2.09. The first-order chi connectivity index (χ1) is 14.2. The Morgan fingerprint density at radius 1 is 0.966 bits per heavy atom. The van der Waals surface area contributed by atoms with Crippen molar-refractivity contribution in [3.63, 3.8) is 0 Å². The van der Waals surface area contributed by atoms with E-state index in [4.69, 9.17) is 24.0 Å². The van der Waals surface area contributed by atoms with Gasteiger partial charge in [0.1, 0.15) is 5.01 Å². The molecule has 3 heterocycles. The second kappa shape index (κ2) is 7.25. The van der Waals surface area contributed by atoms with E-state index in [2.05, 4.69) is 10.2 Å². The number of fused-ring (bicyclic) bond motifs is 2. The molecule has 1 aliphatic rings. The van der Waals surface area contributed by atoms with Crippen LogP contribution in [0.3, 0.4) is 0 Å². The van der Waals surface area contributed by atoms with E-state index in [0.29, 0.717) is 12.2 Å². The molecule has 4 aromatic rings. The van der Waals surface area contributed by atoms with Crippen LogP contribution >= 0.6 is 11.3 Å². The van der Waals surface area contributed by atoms with Crippen LogP contribution in [0.2, 0.25) is 0 Å². The normalized spacial score (nSPS) is 12.5. The van der Waals surface area contributed by atoms with Gasteiger partial charge in [-0.3, -0.25) is 0 Å². The number of hydrogen-bond donors (Lipinski definition) is 0. The van der Waals surface area contributed by atoms with Crippen LogP contribution < -0.4 is 18.9 Å². The van der Waals surface area contributed by atoms with Gasteiger partial charge in [0.15, 0.2) is 28.8 Å². The largest absolute Gasteiger partial charge is 0.493 e. The summed E-state index contributed by atoms with van der Waals surface area (Å²) in [6, 6.07) is 11.7. The first kappa shape index (κ1) is 17.7. The minimum absolute atomic E-state index is 0.254. The van der Waals surface area contributed by atoms with Crippen molar-refractivity contribution < 1.29 is 18.9 Å². The molecule has 8 nitrogen and oxygen atoms in total. The molecule has 1 aliphatic heterocycles. The van der Waals surface area contributed by atoms with Gasteiger partial charge in [-0.15, -0.1) is 10.2 Å². The highest BCUT2D eigenvalue weighted by atomic mass is 32.1. The number of ether oxygens (including phenoxy) is 4. The fraction of sp³-hybridized carbons (Fsp3) is 0.250. The van der Waals surface area contributed by atoms with Crippen molar-refractivity contribution in [2.24, 2.45) is 0 Å². The SMILES string of the molecule is COc1ccc(CCc2nnc3sc(-c4ccc5c(c4)OCO5)nn23)cc1OC. The van der Waals surface area contributed by atoms with Crippen LogP contribution in [-0.4, -0.2) is 40.8 Å². The molecule has 0 saturated heterocycles. The van der Waals surface area contributed by atoms with Gasteiger partial charge in [-0.25, -0.2) is 0 Å². The lowest BCUT2D eigenvalue weighted by molar-refractivity contribution is 0.174. The highest BCUT2D eigenvalue weighted by molar-refractivity contribution is 7.19. The smallest absolute Gasteiger partial charge is 0.234 e. The average molecular weight is 410 g/mol. The van der Waals surface area contributed by atoms with Gasteiger partial charge in [-0.05, 0) is 42.3 Å². The monoisotopic (exact) mass is 410 g/mol. The third-order valence-electron chi connectivity index (χ3n) is 4.76. The van der Waals surface area contributed by atoms with Crippen molar-refractivity contribution in [3.05, 3.63) is 47.8 Å². The van der Waals surface area contributed by atoms with Gasteiger partial charge >= 0.3 is 0 Å². The fourth-order valence-corrected chi connectivity index (χ4v) is 4.11. The number of hydrogen-bond acceptors (Lipinski definition) is 8. The fourth-order valence-electron chi connectivity index (χ4n) is 3.25. The van der Waals surface area contributed by atoms with Crippen molar-refractivity contribution in [3.8, 4) is 33.6 Å². The van der Waals surface area contributed by atoms with Crippen LogP contribution in [0.4, 0.5) is 0 Å². The summed E-state index contributed by atoms with van der Waals surface area (Å²) in [4.78, 5) is 0.764. The van der Waals surface area contributed by atoms with E-state index >= 15 is 0 Å². The first-order valence-electron chi connectivity index (χ1n) is 9.07. The predicted octanol–water partition coefficient (Wildman–Crippen LogP) is 3.38. The van der Waals surface area contributed by atoms with E-state index in [1.54, 1.807) is 14.2 Å². The number of benzene rings is 2. The molecule has 0 unspecified atom stereocenters. The molecule has 5 rings (SSSR count). The Kier molecular flexibility index (Phi) is 4.44. The van der Waals surface area contributed by atoms with Gasteiger partial charge in [0, 0.05) is 12.0 Å². The molecule has 0 aliphatic carbocycles. The summed E-state index contributed by atoms with van der Waals surface area (Å²) in [5.41, 5.74) is 2.10. The van der Waals surface area contributed by atoms with Crippen molar-refractivity contribution >= 4 is 16.3 Å². The Morgan fingerprint density at radius 2 is 1.83 bits per heavy atom. The number of nitrogens with zero attached hydrogens (tertiary/aromatic N) is 4. The van der Waals surface area contributed by atoms with Gasteiger partial charge in [0.05, 0.1) is 14.2 Å². The van der Waals surface area contributed by atoms with Gasteiger partial charge in [-0.1, -0.05) is 17.4 Å². The van der Waals surface area contributed by atoms with E-state index in [0.717, 1.165) is 50.6 Å². The van der Waals surface area contributed by atoms with Crippen LogP contribution in [-0.2, 0) is 12.8 Å². The zero-order chi connectivity index (χ0) is 19.8. The van der Waals surface area contributed by atoms with Crippen molar-refractivity contribution in [2.45, 2.75) is 12.8 Å². The molecule has 2 aromatic carbocycles. The molecule has 0 saturated carbocycles. The van der Waals surface area contributed by atoms with Crippen LogP contribution in [0.1, 0.15) is 11.4 Å². The summed E-state index contributed by atoms with van der Waals surface area (Å²) in [7, 11) is 3.26. The molecule has 0 spiro atoms. The molecule has 148 valence electrons. The van der Waals surface area contributed by atoms with Gasteiger partial charge in [0.25, 0.3) is 0 Å². The molecule has 2 aromatic heterocycles. The maximum absolute atomic E-state index is 5.46. The lowest BCUT2D eigenvalue weighted by Crippen LogP contribution is -2.00. The number of methoxy groups -OCH3 is 2. The zero-order valence-electron chi connectivity index (χ0n) is 15.9. The van der Waals surface area contributed by atoms with Crippen molar-refractivity contribution in [1.82, 2.24) is 19.8 Å². The van der Waals surface area contributed by atoms with Crippen molar-refractivity contribution in [1.29, 1.82) is 0 Å². The summed E-state index contributed by atoms with van der Waals surface area (Å²) >= 11 is 1.49. The minimum Gasteiger partial charge on any atom is -0.493 e. The second-order valence-electron chi connectivity index (χ2n) is 6.48. The quantitative estimate of drug-likeness (QED) is 0.482. The summed E-state index contributed by atoms with van der Waals surface area (Å²) in [6.45, 7) is 0.254. The Bertz CT molecular complexity index is 1190. The summed E-state index contributed by atoms with van der Waals surface area (Å²) in [6.07, 6.45) is 1.50. The van der Waals surface area contributed by atoms with E-state index < -0.39 is 0 Å². The molecule has 29 heavy (non-hydrogen) atoms. The standard InChI is InChI=1S/C20H18N4O4S/c1-25-14-6-3-12(9-16(14)26-2)4-8-18-21-22-20-24(18)23-19(29-20)13-5-7-15-17(10-13)28-11-27-15/h3,5-7,9-10H,4,8,11H2,1-2H3.